The minimum absolute atomic E-state index is 0.0222. The molecule has 0 fully saturated rings. The molecular weight excluding hydrogens is 232 g/mol. The van der Waals surface area contributed by atoms with Gasteiger partial charge in [-0.2, -0.15) is 0 Å². The average molecular weight is 248 g/mol. The van der Waals surface area contributed by atoms with Gasteiger partial charge < -0.3 is 10.2 Å². The van der Waals surface area contributed by atoms with Gasteiger partial charge in [0.1, 0.15) is 5.75 Å². The largest absolute Gasteiger partial charge is 0.507 e. The monoisotopic (exact) mass is 248 g/mol. The number of phenols is 1. The smallest absolute Gasteiger partial charge is 0.303 e. The third kappa shape index (κ3) is 2.70. The predicted octanol–water partition coefficient (Wildman–Crippen LogP) is 2.32. The quantitative estimate of drug-likeness (QED) is 0.802. The van der Waals surface area contributed by atoms with Gasteiger partial charge in [0.05, 0.1) is 12.0 Å². The molecule has 18 heavy (non-hydrogen) atoms. The summed E-state index contributed by atoms with van der Waals surface area (Å²) in [4.78, 5) is 22.3. The number of phenolic OH excluding ortho intramolecular Hbond substituents is 1. The van der Waals surface area contributed by atoms with E-state index in [4.69, 9.17) is 5.11 Å². The van der Waals surface area contributed by atoms with Gasteiger partial charge in [-0.15, -0.1) is 0 Å². The van der Waals surface area contributed by atoms with Crippen LogP contribution in [0.15, 0.2) is 12.1 Å². The van der Waals surface area contributed by atoms with Crippen molar-refractivity contribution >= 4 is 11.8 Å². The Hall–Kier alpha value is -1.84. The van der Waals surface area contributed by atoms with Crippen LogP contribution < -0.4 is 0 Å². The van der Waals surface area contributed by atoms with E-state index in [9.17, 15) is 14.7 Å². The first-order chi connectivity index (χ1) is 8.58. The number of carbonyl (C=O) groups is 2. The molecule has 1 aromatic rings. The molecule has 2 rings (SSSR count). The predicted molar refractivity (Wildman–Crippen MR) is 65.9 cm³/mol. The third-order valence-electron chi connectivity index (χ3n) is 3.33. The molecule has 0 radical (unpaired) electrons. The normalized spacial score (nSPS) is 14.0. The van der Waals surface area contributed by atoms with E-state index in [0.29, 0.717) is 0 Å². The minimum Gasteiger partial charge on any atom is -0.507 e. The summed E-state index contributed by atoms with van der Waals surface area (Å²) in [6.45, 7) is 0. The van der Waals surface area contributed by atoms with Crippen LogP contribution in [0.1, 0.15) is 47.2 Å². The van der Waals surface area contributed by atoms with Gasteiger partial charge in [-0.3, -0.25) is 9.59 Å². The Bertz CT molecular complexity index is 491. The van der Waals surface area contributed by atoms with E-state index in [1.807, 2.05) is 0 Å². The Morgan fingerprint density at radius 3 is 2.28 bits per heavy atom. The first kappa shape index (κ1) is 12.6. The van der Waals surface area contributed by atoms with Gasteiger partial charge >= 0.3 is 5.97 Å². The molecule has 1 aliphatic rings. The molecule has 0 aromatic heterocycles. The molecule has 0 saturated carbocycles. The average Bonchev–Trinajstić information content (AvgIpc) is 2.35. The van der Waals surface area contributed by atoms with Crippen LogP contribution in [0.25, 0.3) is 0 Å². The molecule has 0 saturated heterocycles. The molecule has 4 nitrogen and oxygen atoms in total. The molecule has 0 atom stereocenters. The van der Waals surface area contributed by atoms with E-state index >= 15 is 0 Å². The molecule has 2 N–H and O–H groups in total. The summed E-state index contributed by atoms with van der Waals surface area (Å²) >= 11 is 0. The number of rotatable bonds is 4. The lowest BCUT2D eigenvalue weighted by Gasteiger charge is -2.17. The van der Waals surface area contributed by atoms with Gasteiger partial charge in [-0.05, 0) is 48.9 Å². The zero-order chi connectivity index (χ0) is 13.1. The highest BCUT2D eigenvalue weighted by molar-refractivity contribution is 6.00. The second kappa shape index (κ2) is 5.21. The third-order valence-corrected chi connectivity index (χ3v) is 3.33. The molecule has 0 amide bonds. The van der Waals surface area contributed by atoms with Crippen LogP contribution in [-0.2, 0) is 17.6 Å². The maximum atomic E-state index is 11.8. The van der Waals surface area contributed by atoms with Crippen LogP contribution in [0, 0.1) is 0 Å². The molecule has 0 heterocycles. The Balaban J connectivity index is 2.22. The highest BCUT2D eigenvalue weighted by atomic mass is 16.4. The van der Waals surface area contributed by atoms with Crippen molar-refractivity contribution in [3.05, 3.63) is 28.8 Å². The lowest BCUT2D eigenvalue weighted by atomic mass is 9.89. The zero-order valence-corrected chi connectivity index (χ0v) is 10.1. The van der Waals surface area contributed by atoms with E-state index in [-0.39, 0.29) is 29.9 Å². The summed E-state index contributed by atoms with van der Waals surface area (Å²) in [5.41, 5.74) is 2.48. The summed E-state index contributed by atoms with van der Waals surface area (Å²) in [7, 11) is 0. The standard InChI is InChI=1S/C14H16O4/c15-12(5-6-14(17)18)11-7-9-3-1-2-4-10(9)8-13(11)16/h7-8,16H,1-6H2,(H,17,18). The number of ketones is 1. The van der Waals surface area contributed by atoms with Crippen molar-refractivity contribution in [3.8, 4) is 5.75 Å². The van der Waals surface area contributed by atoms with Crippen molar-refractivity contribution in [3.63, 3.8) is 0 Å². The Morgan fingerprint density at radius 1 is 1.06 bits per heavy atom. The molecule has 0 bridgehead atoms. The van der Waals surface area contributed by atoms with Gasteiger partial charge in [0.15, 0.2) is 5.78 Å². The molecule has 0 spiro atoms. The van der Waals surface area contributed by atoms with E-state index in [1.165, 1.54) is 0 Å². The Morgan fingerprint density at radius 2 is 1.67 bits per heavy atom. The van der Waals surface area contributed by atoms with Crippen molar-refractivity contribution in [1.82, 2.24) is 0 Å². The number of benzene rings is 1. The fraction of sp³-hybridized carbons (Fsp3) is 0.429. The lowest BCUT2D eigenvalue weighted by Crippen LogP contribution is -2.08. The number of fused-ring (bicyclic) bond motifs is 1. The molecular formula is C14H16O4. The summed E-state index contributed by atoms with van der Waals surface area (Å²) in [5, 5.41) is 18.4. The maximum Gasteiger partial charge on any atom is 0.303 e. The van der Waals surface area contributed by atoms with Crippen LogP contribution in [0.2, 0.25) is 0 Å². The van der Waals surface area contributed by atoms with Gasteiger partial charge in [-0.1, -0.05) is 0 Å². The first-order valence-corrected chi connectivity index (χ1v) is 6.17. The number of aryl methyl sites for hydroxylation is 2. The maximum absolute atomic E-state index is 11.8. The molecule has 1 aromatic carbocycles. The summed E-state index contributed by atoms with van der Waals surface area (Å²) in [6, 6.07) is 3.39. The number of aliphatic carboxylic acids is 1. The van der Waals surface area contributed by atoms with Crippen LogP contribution in [0.3, 0.4) is 0 Å². The van der Waals surface area contributed by atoms with Gasteiger partial charge in [0.25, 0.3) is 0 Å². The van der Waals surface area contributed by atoms with Crippen LogP contribution in [-0.4, -0.2) is 22.0 Å². The molecule has 0 unspecified atom stereocenters. The second-order valence-corrected chi connectivity index (χ2v) is 4.66. The number of carboxylic acid groups (broad SMARTS) is 1. The number of Topliss-reactive ketones (excluding diaryl/α,β-unsaturated/α-hetero) is 1. The summed E-state index contributed by atoms with van der Waals surface area (Å²) in [6.07, 6.45) is 3.80. The Labute approximate surface area is 105 Å². The SMILES string of the molecule is O=C(O)CCC(=O)c1cc2c(cc1O)CCCC2. The molecule has 1 aliphatic carbocycles. The molecule has 0 aliphatic heterocycles. The number of aromatic hydroxyl groups is 1. The van der Waals surface area contributed by atoms with Crippen molar-refractivity contribution in [2.75, 3.05) is 0 Å². The van der Waals surface area contributed by atoms with Crippen molar-refractivity contribution in [2.24, 2.45) is 0 Å². The van der Waals surface area contributed by atoms with Crippen LogP contribution in [0.5, 0.6) is 5.75 Å². The number of carbonyl (C=O) groups excluding carboxylic acids is 1. The van der Waals surface area contributed by atoms with Gasteiger partial charge in [0.2, 0.25) is 0 Å². The lowest BCUT2D eigenvalue weighted by molar-refractivity contribution is -0.136. The number of hydrogen-bond donors (Lipinski definition) is 2. The fourth-order valence-electron chi connectivity index (χ4n) is 2.35. The van der Waals surface area contributed by atoms with Crippen molar-refractivity contribution in [2.45, 2.75) is 38.5 Å². The van der Waals surface area contributed by atoms with Gasteiger partial charge in [0, 0.05) is 6.42 Å². The zero-order valence-electron chi connectivity index (χ0n) is 10.1. The fourth-order valence-corrected chi connectivity index (χ4v) is 2.35. The van der Waals surface area contributed by atoms with E-state index < -0.39 is 5.97 Å². The van der Waals surface area contributed by atoms with Crippen LogP contribution in [0.4, 0.5) is 0 Å². The Kier molecular flexibility index (Phi) is 3.65. The number of hydrogen-bond acceptors (Lipinski definition) is 3. The highest BCUT2D eigenvalue weighted by Crippen LogP contribution is 2.29. The van der Waals surface area contributed by atoms with Crippen molar-refractivity contribution < 1.29 is 19.8 Å². The molecule has 96 valence electrons. The molecule has 4 heteroatoms. The van der Waals surface area contributed by atoms with Crippen LogP contribution >= 0.6 is 0 Å². The number of carboxylic acids is 1. The first-order valence-electron chi connectivity index (χ1n) is 6.17. The summed E-state index contributed by atoms with van der Waals surface area (Å²) < 4.78 is 0. The highest BCUT2D eigenvalue weighted by Gasteiger charge is 2.17. The van der Waals surface area contributed by atoms with Gasteiger partial charge in [-0.25, -0.2) is 0 Å². The van der Waals surface area contributed by atoms with E-state index in [0.717, 1.165) is 36.8 Å². The summed E-state index contributed by atoms with van der Waals surface area (Å²) in [5.74, 6) is -1.32. The van der Waals surface area contributed by atoms with Crippen molar-refractivity contribution in [1.29, 1.82) is 0 Å². The van der Waals surface area contributed by atoms with E-state index in [1.54, 1.807) is 12.1 Å². The second-order valence-electron chi connectivity index (χ2n) is 4.66. The topological polar surface area (TPSA) is 74.6 Å². The van der Waals surface area contributed by atoms with E-state index in [2.05, 4.69) is 0 Å². The minimum atomic E-state index is -0.999.